The van der Waals surface area contributed by atoms with Gasteiger partial charge in [0.1, 0.15) is 11.5 Å². The van der Waals surface area contributed by atoms with Crippen LogP contribution in [0.5, 0.6) is 11.5 Å². The largest absolute Gasteiger partial charge is 0.497 e. The van der Waals surface area contributed by atoms with Crippen LogP contribution < -0.4 is 14.8 Å². The van der Waals surface area contributed by atoms with Crippen LogP contribution in [-0.2, 0) is 11.3 Å². The normalized spacial score (nSPS) is 17.9. The van der Waals surface area contributed by atoms with Gasteiger partial charge in [0.15, 0.2) is 0 Å². The Morgan fingerprint density at radius 1 is 1.40 bits per heavy atom. The lowest BCUT2D eigenvalue weighted by Crippen LogP contribution is -2.41. The van der Waals surface area contributed by atoms with Crippen molar-refractivity contribution in [2.45, 2.75) is 25.4 Å². The fraction of sp³-hybridized carbons (Fsp3) is 0.533. The summed E-state index contributed by atoms with van der Waals surface area (Å²) < 4.78 is 10.5. The molecule has 0 bridgehead atoms. The molecule has 1 aliphatic rings. The first-order chi connectivity index (χ1) is 9.65. The first-order valence-corrected chi connectivity index (χ1v) is 6.85. The Balaban J connectivity index is 2.06. The van der Waals surface area contributed by atoms with Gasteiger partial charge in [0, 0.05) is 25.2 Å². The van der Waals surface area contributed by atoms with E-state index in [4.69, 9.17) is 9.47 Å². The molecule has 1 aromatic carbocycles. The Hall–Kier alpha value is -1.75. The molecule has 1 atom stereocenters. The van der Waals surface area contributed by atoms with Crippen LogP contribution in [0.1, 0.15) is 18.4 Å². The average molecular weight is 278 g/mol. The molecule has 0 spiro atoms. The van der Waals surface area contributed by atoms with E-state index in [1.807, 2.05) is 25.2 Å². The topological polar surface area (TPSA) is 50.8 Å². The molecule has 1 heterocycles. The van der Waals surface area contributed by atoms with E-state index in [-0.39, 0.29) is 11.9 Å². The van der Waals surface area contributed by atoms with Crippen LogP contribution in [0.3, 0.4) is 0 Å². The summed E-state index contributed by atoms with van der Waals surface area (Å²) in [6.07, 6.45) is 1.99. The molecule has 1 unspecified atom stereocenters. The van der Waals surface area contributed by atoms with Crippen LogP contribution >= 0.6 is 0 Å². The Kier molecular flexibility index (Phi) is 4.84. The Morgan fingerprint density at radius 2 is 2.20 bits per heavy atom. The molecule has 2 rings (SSSR count). The quantitative estimate of drug-likeness (QED) is 0.885. The highest BCUT2D eigenvalue weighted by Crippen LogP contribution is 2.25. The van der Waals surface area contributed by atoms with Gasteiger partial charge in [-0.15, -0.1) is 0 Å². The van der Waals surface area contributed by atoms with Crippen molar-refractivity contribution in [3.8, 4) is 11.5 Å². The summed E-state index contributed by atoms with van der Waals surface area (Å²) in [6.45, 7) is 1.46. The molecular weight excluding hydrogens is 256 g/mol. The summed E-state index contributed by atoms with van der Waals surface area (Å²) in [5.41, 5.74) is 0.974. The molecule has 1 N–H and O–H groups in total. The highest BCUT2D eigenvalue weighted by molar-refractivity contribution is 5.82. The zero-order chi connectivity index (χ0) is 14.5. The summed E-state index contributed by atoms with van der Waals surface area (Å²) in [5, 5.41) is 3.23. The molecule has 1 amide bonds. The molecule has 20 heavy (non-hydrogen) atoms. The SMILES string of the molecule is COc1ccc(CN(C)C(=O)C2CCCN2)c(OC)c1. The monoisotopic (exact) mass is 278 g/mol. The predicted octanol–water partition coefficient (Wildman–Crippen LogP) is 1.41. The molecule has 1 aliphatic heterocycles. The van der Waals surface area contributed by atoms with Crippen molar-refractivity contribution >= 4 is 5.91 Å². The van der Waals surface area contributed by atoms with E-state index >= 15 is 0 Å². The highest BCUT2D eigenvalue weighted by Gasteiger charge is 2.25. The van der Waals surface area contributed by atoms with E-state index in [0.717, 1.165) is 36.4 Å². The second kappa shape index (κ2) is 6.61. The van der Waals surface area contributed by atoms with Gasteiger partial charge in [-0.25, -0.2) is 0 Å². The molecule has 5 heteroatoms. The fourth-order valence-electron chi connectivity index (χ4n) is 2.48. The number of carbonyl (C=O) groups excluding carboxylic acids is 1. The number of nitrogens with one attached hydrogen (secondary N) is 1. The van der Waals surface area contributed by atoms with Gasteiger partial charge in [-0.05, 0) is 31.5 Å². The second-order valence-corrected chi connectivity index (χ2v) is 5.02. The summed E-state index contributed by atoms with van der Waals surface area (Å²) >= 11 is 0. The van der Waals surface area contributed by atoms with E-state index in [1.54, 1.807) is 19.1 Å². The molecule has 1 aromatic rings. The smallest absolute Gasteiger partial charge is 0.239 e. The molecule has 5 nitrogen and oxygen atoms in total. The number of likely N-dealkylation sites (N-methyl/N-ethyl adjacent to an activating group) is 1. The molecule has 0 saturated carbocycles. The van der Waals surface area contributed by atoms with E-state index < -0.39 is 0 Å². The number of hydrogen-bond acceptors (Lipinski definition) is 4. The maximum absolute atomic E-state index is 12.3. The van der Waals surface area contributed by atoms with Gasteiger partial charge < -0.3 is 19.7 Å². The molecule has 0 aliphatic carbocycles. The average Bonchev–Trinajstić information content (AvgIpc) is 3.00. The summed E-state index contributed by atoms with van der Waals surface area (Å²) in [4.78, 5) is 14.0. The molecule has 0 radical (unpaired) electrons. The third-order valence-corrected chi connectivity index (χ3v) is 3.64. The number of ether oxygens (including phenoxy) is 2. The van der Waals surface area contributed by atoms with Gasteiger partial charge in [-0.1, -0.05) is 0 Å². The lowest BCUT2D eigenvalue weighted by molar-refractivity contribution is -0.132. The first-order valence-electron chi connectivity index (χ1n) is 6.85. The molecule has 1 saturated heterocycles. The van der Waals surface area contributed by atoms with Crippen molar-refractivity contribution < 1.29 is 14.3 Å². The van der Waals surface area contributed by atoms with Crippen molar-refractivity contribution in [2.24, 2.45) is 0 Å². The zero-order valence-electron chi connectivity index (χ0n) is 12.3. The number of amides is 1. The van der Waals surface area contributed by atoms with Crippen LogP contribution in [-0.4, -0.2) is 44.7 Å². The van der Waals surface area contributed by atoms with Crippen molar-refractivity contribution in [2.75, 3.05) is 27.8 Å². The van der Waals surface area contributed by atoms with Gasteiger partial charge in [-0.3, -0.25) is 4.79 Å². The standard InChI is InChI=1S/C15H22N2O3/c1-17(15(18)13-5-4-8-16-13)10-11-6-7-12(19-2)9-14(11)20-3/h6-7,9,13,16H,4-5,8,10H2,1-3H3. The molecule has 1 fully saturated rings. The van der Waals surface area contributed by atoms with Crippen LogP contribution in [0.4, 0.5) is 0 Å². The highest BCUT2D eigenvalue weighted by atomic mass is 16.5. The second-order valence-electron chi connectivity index (χ2n) is 5.02. The predicted molar refractivity (Wildman–Crippen MR) is 77.0 cm³/mol. The van der Waals surface area contributed by atoms with Gasteiger partial charge in [0.05, 0.1) is 20.3 Å². The summed E-state index contributed by atoms with van der Waals surface area (Å²) in [7, 11) is 5.07. The number of carbonyl (C=O) groups is 1. The lowest BCUT2D eigenvalue weighted by atomic mass is 10.1. The third-order valence-electron chi connectivity index (χ3n) is 3.64. The first kappa shape index (κ1) is 14.7. The van der Waals surface area contributed by atoms with E-state index in [1.165, 1.54) is 0 Å². The fourth-order valence-corrected chi connectivity index (χ4v) is 2.48. The van der Waals surface area contributed by atoms with Crippen LogP contribution in [0.15, 0.2) is 18.2 Å². The van der Waals surface area contributed by atoms with Gasteiger partial charge >= 0.3 is 0 Å². The van der Waals surface area contributed by atoms with E-state index in [2.05, 4.69) is 5.32 Å². The summed E-state index contributed by atoms with van der Waals surface area (Å²) in [6, 6.07) is 5.61. The van der Waals surface area contributed by atoms with Gasteiger partial charge in [0.2, 0.25) is 5.91 Å². The third kappa shape index (κ3) is 3.22. The Morgan fingerprint density at radius 3 is 2.80 bits per heavy atom. The Labute approximate surface area is 119 Å². The van der Waals surface area contributed by atoms with E-state index in [9.17, 15) is 4.79 Å². The number of nitrogens with zero attached hydrogens (tertiary/aromatic N) is 1. The number of methoxy groups -OCH3 is 2. The molecule has 110 valence electrons. The minimum atomic E-state index is -0.0377. The van der Waals surface area contributed by atoms with Gasteiger partial charge in [0.25, 0.3) is 0 Å². The maximum Gasteiger partial charge on any atom is 0.239 e. The van der Waals surface area contributed by atoms with Crippen LogP contribution in [0.2, 0.25) is 0 Å². The van der Waals surface area contributed by atoms with Crippen molar-refractivity contribution in [1.29, 1.82) is 0 Å². The minimum absolute atomic E-state index is 0.0377. The van der Waals surface area contributed by atoms with Gasteiger partial charge in [-0.2, -0.15) is 0 Å². The van der Waals surface area contributed by atoms with Crippen molar-refractivity contribution in [3.05, 3.63) is 23.8 Å². The zero-order valence-corrected chi connectivity index (χ0v) is 12.3. The molecule has 0 aromatic heterocycles. The molecular formula is C15H22N2O3. The Bertz CT molecular complexity index is 470. The number of rotatable bonds is 5. The minimum Gasteiger partial charge on any atom is -0.497 e. The summed E-state index contributed by atoms with van der Waals surface area (Å²) in [5.74, 6) is 1.63. The van der Waals surface area contributed by atoms with E-state index in [0.29, 0.717) is 6.54 Å². The van der Waals surface area contributed by atoms with Crippen molar-refractivity contribution in [1.82, 2.24) is 10.2 Å². The maximum atomic E-state index is 12.3. The van der Waals surface area contributed by atoms with Crippen LogP contribution in [0.25, 0.3) is 0 Å². The van der Waals surface area contributed by atoms with Crippen LogP contribution in [0, 0.1) is 0 Å². The number of benzene rings is 1. The number of hydrogen-bond donors (Lipinski definition) is 1. The lowest BCUT2D eigenvalue weighted by Gasteiger charge is -2.22. The van der Waals surface area contributed by atoms with Crippen molar-refractivity contribution in [3.63, 3.8) is 0 Å².